The summed E-state index contributed by atoms with van der Waals surface area (Å²) in [6, 6.07) is 0.904. The molecule has 0 saturated heterocycles. The number of imide groups is 1. The predicted octanol–water partition coefficient (Wildman–Crippen LogP) is 0.152. The van der Waals surface area contributed by atoms with Gasteiger partial charge < -0.3 is 4.57 Å². The van der Waals surface area contributed by atoms with Gasteiger partial charge in [-0.05, 0) is 6.42 Å². The lowest BCUT2D eigenvalue weighted by molar-refractivity contribution is -0.119. The third kappa shape index (κ3) is 1.93. The Bertz CT molecular complexity index is 560. The molecule has 3 amide bonds. The number of nitrogens with zero attached hydrogens (tertiary/aromatic N) is 1. The van der Waals surface area contributed by atoms with E-state index in [9.17, 15) is 14.4 Å². The highest BCUT2D eigenvalue weighted by molar-refractivity contribution is 6.04. The molecule has 0 fully saturated rings. The van der Waals surface area contributed by atoms with Gasteiger partial charge in [0.1, 0.15) is 5.82 Å². The molecule has 1 aliphatic heterocycles. The number of amides is 3. The minimum Gasteiger partial charge on any atom is -0.334 e. The highest BCUT2D eigenvalue weighted by Gasteiger charge is 2.22. The minimum atomic E-state index is -0.600. The Balaban J connectivity index is 2.68. The van der Waals surface area contributed by atoms with Crippen LogP contribution in [-0.4, -0.2) is 16.5 Å². The molecule has 90 valence electrons. The molecule has 0 spiro atoms. The molecule has 0 unspecified atom stereocenters. The highest BCUT2D eigenvalue weighted by atomic mass is 16.2. The zero-order chi connectivity index (χ0) is 12.6. The SMILES string of the molecule is CCc1cc(=O)c2c(n1C)NC(=O)NC(=O)C2. The van der Waals surface area contributed by atoms with Crippen molar-refractivity contribution in [1.82, 2.24) is 9.88 Å². The highest BCUT2D eigenvalue weighted by Crippen LogP contribution is 2.16. The normalized spacial score (nSPS) is 14.7. The zero-order valence-electron chi connectivity index (χ0n) is 9.66. The number of pyridine rings is 1. The largest absolute Gasteiger partial charge is 0.334 e. The van der Waals surface area contributed by atoms with Gasteiger partial charge in [-0.3, -0.25) is 20.2 Å². The maximum Gasteiger partial charge on any atom is 0.327 e. The second-order valence-electron chi connectivity index (χ2n) is 3.92. The van der Waals surface area contributed by atoms with Gasteiger partial charge in [0.25, 0.3) is 0 Å². The molecule has 6 nitrogen and oxygen atoms in total. The van der Waals surface area contributed by atoms with Gasteiger partial charge in [-0.2, -0.15) is 0 Å². The number of urea groups is 1. The maximum atomic E-state index is 11.9. The first-order valence-corrected chi connectivity index (χ1v) is 5.35. The van der Waals surface area contributed by atoms with Crippen LogP contribution in [0.15, 0.2) is 10.9 Å². The van der Waals surface area contributed by atoms with Crippen LogP contribution in [-0.2, 0) is 24.7 Å². The lowest BCUT2D eigenvalue weighted by Gasteiger charge is -2.15. The van der Waals surface area contributed by atoms with Crippen molar-refractivity contribution in [3.8, 4) is 0 Å². The van der Waals surface area contributed by atoms with Crippen molar-refractivity contribution in [1.29, 1.82) is 0 Å². The Kier molecular flexibility index (Phi) is 2.71. The molecular formula is C11H13N3O3. The van der Waals surface area contributed by atoms with Crippen LogP contribution in [0.25, 0.3) is 0 Å². The van der Waals surface area contributed by atoms with Crippen molar-refractivity contribution in [2.45, 2.75) is 19.8 Å². The van der Waals surface area contributed by atoms with Crippen LogP contribution >= 0.6 is 0 Å². The number of fused-ring (bicyclic) bond motifs is 1. The smallest absolute Gasteiger partial charge is 0.327 e. The maximum absolute atomic E-state index is 11.9. The first-order chi connectivity index (χ1) is 8.02. The molecule has 0 bridgehead atoms. The number of aryl methyl sites for hydroxylation is 1. The number of carbonyl (C=O) groups is 2. The number of hydrogen-bond acceptors (Lipinski definition) is 3. The van der Waals surface area contributed by atoms with E-state index in [-0.39, 0.29) is 11.8 Å². The predicted molar refractivity (Wildman–Crippen MR) is 61.9 cm³/mol. The van der Waals surface area contributed by atoms with Gasteiger partial charge in [0, 0.05) is 24.4 Å². The van der Waals surface area contributed by atoms with Crippen molar-refractivity contribution >= 4 is 17.8 Å². The molecule has 2 heterocycles. The Morgan fingerprint density at radius 2 is 2.00 bits per heavy atom. The number of anilines is 1. The molecule has 0 radical (unpaired) electrons. The minimum absolute atomic E-state index is 0.0786. The van der Waals surface area contributed by atoms with E-state index in [4.69, 9.17) is 0 Å². The van der Waals surface area contributed by atoms with E-state index in [0.717, 1.165) is 5.69 Å². The Morgan fingerprint density at radius 3 is 2.65 bits per heavy atom. The summed E-state index contributed by atoms with van der Waals surface area (Å²) in [4.78, 5) is 34.6. The first-order valence-electron chi connectivity index (χ1n) is 5.35. The number of carbonyl (C=O) groups excluding carboxylic acids is 2. The molecule has 1 aromatic heterocycles. The van der Waals surface area contributed by atoms with Gasteiger partial charge in [0.05, 0.1) is 6.42 Å². The second-order valence-corrected chi connectivity index (χ2v) is 3.92. The monoisotopic (exact) mass is 235 g/mol. The number of hydrogen-bond donors (Lipinski definition) is 2. The van der Waals surface area contributed by atoms with Crippen molar-refractivity contribution in [2.75, 3.05) is 5.32 Å². The third-order valence-corrected chi connectivity index (χ3v) is 2.83. The molecule has 0 atom stereocenters. The quantitative estimate of drug-likeness (QED) is 0.727. The van der Waals surface area contributed by atoms with Gasteiger partial charge in [-0.1, -0.05) is 6.92 Å². The van der Waals surface area contributed by atoms with Crippen LogP contribution in [0.4, 0.5) is 10.6 Å². The molecule has 2 N–H and O–H groups in total. The van der Waals surface area contributed by atoms with E-state index < -0.39 is 11.9 Å². The number of rotatable bonds is 1. The first kappa shape index (κ1) is 11.4. The van der Waals surface area contributed by atoms with E-state index in [0.29, 0.717) is 17.8 Å². The van der Waals surface area contributed by atoms with E-state index in [1.165, 1.54) is 6.07 Å². The summed E-state index contributed by atoms with van der Waals surface area (Å²) in [5, 5.41) is 4.67. The van der Waals surface area contributed by atoms with Crippen LogP contribution < -0.4 is 16.1 Å². The van der Waals surface area contributed by atoms with Crippen LogP contribution in [0.2, 0.25) is 0 Å². The number of aromatic nitrogens is 1. The molecule has 0 aliphatic carbocycles. The van der Waals surface area contributed by atoms with Crippen LogP contribution in [0, 0.1) is 0 Å². The zero-order valence-corrected chi connectivity index (χ0v) is 9.66. The van der Waals surface area contributed by atoms with Gasteiger partial charge in [0.2, 0.25) is 5.91 Å². The summed E-state index contributed by atoms with van der Waals surface area (Å²) in [5.41, 5.74) is 0.920. The van der Waals surface area contributed by atoms with Crippen molar-refractivity contribution in [3.63, 3.8) is 0 Å². The molecule has 0 saturated carbocycles. The summed E-state index contributed by atoms with van der Waals surface area (Å²) in [5.74, 6) is -0.0692. The van der Waals surface area contributed by atoms with Crippen LogP contribution in [0.3, 0.4) is 0 Å². The van der Waals surface area contributed by atoms with Crippen molar-refractivity contribution in [2.24, 2.45) is 7.05 Å². The van der Waals surface area contributed by atoms with E-state index in [1.54, 1.807) is 11.6 Å². The molecule has 1 aliphatic rings. The fraction of sp³-hybridized carbons (Fsp3) is 0.364. The molecule has 17 heavy (non-hydrogen) atoms. The topological polar surface area (TPSA) is 80.2 Å². The summed E-state index contributed by atoms with van der Waals surface area (Å²) >= 11 is 0. The number of nitrogens with one attached hydrogen (secondary N) is 2. The fourth-order valence-corrected chi connectivity index (χ4v) is 1.94. The summed E-state index contributed by atoms with van der Waals surface area (Å²) < 4.78 is 1.73. The Hall–Kier alpha value is -2.11. The summed E-state index contributed by atoms with van der Waals surface area (Å²) in [6.45, 7) is 1.92. The van der Waals surface area contributed by atoms with Gasteiger partial charge >= 0.3 is 6.03 Å². The molecule has 0 aromatic carbocycles. The van der Waals surface area contributed by atoms with Crippen LogP contribution in [0.5, 0.6) is 0 Å². The summed E-state index contributed by atoms with van der Waals surface area (Å²) in [7, 11) is 1.76. The van der Waals surface area contributed by atoms with Gasteiger partial charge in [-0.15, -0.1) is 0 Å². The molecular weight excluding hydrogens is 222 g/mol. The molecule has 1 aromatic rings. The van der Waals surface area contributed by atoms with Gasteiger partial charge in [0.15, 0.2) is 5.43 Å². The van der Waals surface area contributed by atoms with E-state index in [1.807, 2.05) is 6.92 Å². The second kappa shape index (κ2) is 4.04. The van der Waals surface area contributed by atoms with E-state index >= 15 is 0 Å². The lowest BCUT2D eigenvalue weighted by atomic mass is 10.1. The summed E-state index contributed by atoms with van der Waals surface area (Å²) in [6.07, 6.45) is 0.598. The molecule has 2 rings (SSSR count). The van der Waals surface area contributed by atoms with Crippen molar-refractivity contribution < 1.29 is 9.59 Å². The average molecular weight is 235 g/mol. The fourth-order valence-electron chi connectivity index (χ4n) is 1.94. The van der Waals surface area contributed by atoms with E-state index in [2.05, 4.69) is 10.6 Å². The Labute approximate surface area is 97.6 Å². The van der Waals surface area contributed by atoms with Crippen LogP contribution in [0.1, 0.15) is 18.2 Å². The average Bonchev–Trinajstić information content (AvgIpc) is 2.42. The Morgan fingerprint density at radius 1 is 1.29 bits per heavy atom. The lowest BCUT2D eigenvalue weighted by Crippen LogP contribution is -2.32. The third-order valence-electron chi connectivity index (χ3n) is 2.83. The van der Waals surface area contributed by atoms with Crippen molar-refractivity contribution in [3.05, 3.63) is 27.5 Å². The standard InChI is InChI=1S/C11H13N3O3/c1-3-6-4-8(15)7-5-9(16)12-11(17)13-10(7)14(6)2/h4H,3,5H2,1-2H3,(H2,12,13,16,17). The van der Waals surface area contributed by atoms with Gasteiger partial charge in [-0.25, -0.2) is 4.79 Å². The molecule has 6 heteroatoms.